The molecule has 4 rings (SSSR count). The second-order valence-electron chi connectivity index (χ2n) is 7.12. The fourth-order valence-corrected chi connectivity index (χ4v) is 4.29. The maximum atomic E-state index is 13.1. The average Bonchev–Trinajstić information content (AvgIpc) is 2.80. The third-order valence-corrected chi connectivity index (χ3v) is 6.16. The Morgan fingerprint density at radius 3 is 2.44 bits per heavy atom. The number of fused-ring (bicyclic) bond motifs is 1. The molecule has 0 saturated heterocycles. The van der Waals surface area contributed by atoms with Crippen LogP contribution in [0, 0.1) is 5.82 Å². The molecule has 0 spiro atoms. The Morgan fingerprint density at radius 2 is 1.75 bits per heavy atom. The minimum absolute atomic E-state index is 0.0434. The number of esters is 1. The lowest BCUT2D eigenvalue weighted by Gasteiger charge is -2.24. The number of aromatic nitrogens is 2. The molecule has 0 saturated carbocycles. The number of rotatable bonds is 5. The van der Waals surface area contributed by atoms with Crippen molar-refractivity contribution in [3.63, 3.8) is 0 Å². The highest BCUT2D eigenvalue weighted by Crippen LogP contribution is 2.32. The standard InChI is InChI=1S/C22H18FN3O5S/c1-25-18-16(20(28)26(22(25)30)11-13-5-3-2-4-6-13)32-17(19(27)24-18)21(29)31-12-14-7-9-15(23)10-8-14/h2-10,17H,11-12H2,1H3,(H,24,27). The molecule has 1 atom stereocenters. The Morgan fingerprint density at radius 1 is 1.06 bits per heavy atom. The normalized spacial score (nSPS) is 15.1. The Bertz CT molecular complexity index is 1300. The molecule has 10 heteroatoms. The largest absolute Gasteiger partial charge is 0.460 e. The third-order valence-electron chi connectivity index (χ3n) is 4.92. The molecule has 1 aliphatic rings. The summed E-state index contributed by atoms with van der Waals surface area (Å²) in [5.41, 5.74) is 0.116. The predicted molar refractivity (Wildman–Crippen MR) is 116 cm³/mol. The van der Waals surface area contributed by atoms with E-state index in [9.17, 15) is 23.6 Å². The van der Waals surface area contributed by atoms with Crippen LogP contribution in [-0.4, -0.2) is 26.3 Å². The Kier molecular flexibility index (Phi) is 5.95. The van der Waals surface area contributed by atoms with Crippen molar-refractivity contribution in [2.75, 3.05) is 5.32 Å². The quantitative estimate of drug-likeness (QED) is 0.466. The molecule has 32 heavy (non-hydrogen) atoms. The van der Waals surface area contributed by atoms with E-state index in [0.29, 0.717) is 5.56 Å². The maximum absolute atomic E-state index is 13.1. The van der Waals surface area contributed by atoms with E-state index >= 15 is 0 Å². The molecule has 1 aliphatic heterocycles. The molecule has 0 aliphatic carbocycles. The number of nitrogens with zero attached hydrogens (tertiary/aromatic N) is 2. The van der Waals surface area contributed by atoms with Crippen molar-refractivity contribution >= 4 is 29.5 Å². The number of carbonyl (C=O) groups excluding carboxylic acids is 2. The van der Waals surface area contributed by atoms with Crippen molar-refractivity contribution in [1.29, 1.82) is 0 Å². The minimum atomic E-state index is -1.32. The number of anilines is 1. The summed E-state index contributed by atoms with van der Waals surface area (Å²) in [4.78, 5) is 50.9. The highest BCUT2D eigenvalue weighted by molar-refractivity contribution is 8.01. The van der Waals surface area contributed by atoms with E-state index in [1.165, 1.54) is 35.9 Å². The van der Waals surface area contributed by atoms with Gasteiger partial charge in [0.25, 0.3) is 5.56 Å². The number of halogens is 1. The van der Waals surface area contributed by atoms with Crippen molar-refractivity contribution in [3.05, 3.63) is 92.4 Å². The van der Waals surface area contributed by atoms with Gasteiger partial charge >= 0.3 is 11.7 Å². The molecule has 2 heterocycles. The summed E-state index contributed by atoms with van der Waals surface area (Å²) >= 11 is 0.745. The highest BCUT2D eigenvalue weighted by atomic mass is 32.2. The van der Waals surface area contributed by atoms with Crippen LogP contribution >= 0.6 is 11.8 Å². The first-order valence-electron chi connectivity index (χ1n) is 9.61. The van der Waals surface area contributed by atoms with E-state index in [1.807, 2.05) is 6.07 Å². The van der Waals surface area contributed by atoms with E-state index in [2.05, 4.69) is 5.32 Å². The summed E-state index contributed by atoms with van der Waals surface area (Å²) in [5.74, 6) is -1.91. The van der Waals surface area contributed by atoms with Crippen LogP contribution in [0.4, 0.5) is 10.2 Å². The number of hydrogen-bond donors (Lipinski definition) is 1. The fourth-order valence-electron chi connectivity index (χ4n) is 3.21. The fraction of sp³-hybridized carbons (Fsp3) is 0.182. The Labute approximate surface area is 185 Å². The Balaban J connectivity index is 1.60. The summed E-state index contributed by atoms with van der Waals surface area (Å²) in [6, 6.07) is 14.4. The van der Waals surface area contributed by atoms with Gasteiger partial charge in [-0.25, -0.2) is 9.18 Å². The van der Waals surface area contributed by atoms with Gasteiger partial charge in [0, 0.05) is 7.05 Å². The zero-order valence-electron chi connectivity index (χ0n) is 16.9. The molecule has 1 unspecified atom stereocenters. The van der Waals surface area contributed by atoms with Gasteiger partial charge in [-0.3, -0.25) is 23.5 Å². The molecule has 1 amide bonds. The molecule has 1 aromatic heterocycles. The lowest BCUT2D eigenvalue weighted by molar-refractivity contribution is -0.146. The predicted octanol–water partition coefficient (Wildman–Crippen LogP) is 1.89. The monoisotopic (exact) mass is 455 g/mol. The molecule has 1 N–H and O–H groups in total. The van der Waals surface area contributed by atoms with Crippen molar-refractivity contribution in [2.45, 2.75) is 23.3 Å². The van der Waals surface area contributed by atoms with E-state index in [-0.39, 0.29) is 23.9 Å². The molecule has 0 bridgehead atoms. The van der Waals surface area contributed by atoms with E-state index < -0.39 is 34.2 Å². The van der Waals surface area contributed by atoms with Crippen LogP contribution in [0.1, 0.15) is 11.1 Å². The third kappa shape index (κ3) is 4.22. The van der Waals surface area contributed by atoms with E-state index in [1.54, 1.807) is 24.3 Å². The molecule has 2 aromatic carbocycles. The van der Waals surface area contributed by atoms with Gasteiger partial charge in [-0.15, -0.1) is 0 Å². The molecule has 164 valence electrons. The molecule has 8 nitrogen and oxygen atoms in total. The molecule has 3 aromatic rings. The summed E-state index contributed by atoms with van der Waals surface area (Å²) in [6.45, 7) is -0.102. The van der Waals surface area contributed by atoms with Gasteiger partial charge in [0.05, 0.1) is 6.54 Å². The van der Waals surface area contributed by atoms with Gasteiger partial charge in [-0.1, -0.05) is 54.2 Å². The lowest BCUT2D eigenvalue weighted by atomic mass is 10.2. The number of amides is 1. The number of nitrogens with one attached hydrogen (secondary N) is 1. The molecular formula is C22H18FN3O5S. The molecule has 0 radical (unpaired) electrons. The molecular weight excluding hydrogens is 437 g/mol. The smallest absolute Gasteiger partial charge is 0.332 e. The molecule has 0 fully saturated rings. The van der Waals surface area contributed by atoms with Crippen molar-refractivity contribution in [1.82, 2.24) is 9.13 Å². The van der Waals surface area contributed by atoms with Gasteiger partial charge in [0.2, 0.25) is 5.91 Å². The zero-order valence-corrected chi connectivity index (χ0v) is 17.7. The summed E-state index contributed by atoms with van der Waals surface area (Å²) in [5, 5.41) is 1.16. The first-order chi connectivity index (χ1) is 15.3. The van der Waals surface area contributed by atoms with Gasteiger partial charge in [-0.2, -0.15) is 0 Å². The lowest BCUT2D eigenvalue weighted by Crippen LogP contribution is -2.46. The summed E-state index contributed by atoms with van der Waals surface area (Å²) in [6.07, 6.45) is 0. The average molecular weight is 455 g/mol. The maximum Gasteiger partial charge on any atom is 0.332 e. The van der Waals surface area contributed by atoms with Crippen LogP contribution < -0.4 is 16.6 Å². The van der Waals surface area contributed by atoms with E-state index in [0.717, 1.165) is 21.9 Å². The number of thioether (sulfide) groups is 1. The van der Waals surface area contributed by atoms with Crippen molar-refractivity contribution in [2.24, 2.45) is 7.05 Å². The first-order valence-corrected chi connectivity index (χ1v) is 10.5. The van der Waals surface area contributed by atoms with Gasteiger partial charge < -0.3 is 10.1 Å². The van der Waals surface area contributed by atoms with Crippen LogP contribution in [0.15, 0.2) is 69.1 Å². The van der Waals surface area contributed by atoms with Crippen LogP contribution in [0.5, 0.6) is 0 Å². The van der Waals surface area contributed by atoms with Gasteiger partial charge in [-0.05, 0) is 23.3 Å². The van der Waals surface area contributed by atoms with E-state index in [4.69, 9.17) is 4.74 Å². The van der Waals surface area contributed by atoms with Crippen molar-refractivity contribution < 1.29 is 18.7 Å². The van der Waals surface area contributed by atoms with Crippen LogP contribution in [-0.2, 0) is 34.5 Å². The summed E-state index contributed by atoms with van der Waals surface area (Å²) in [7, 11) is 1.44. The number of ether oxygens (including phenoxy) is 1. The highest BCUT2D eigenvalue weighted by Gasteiger charge is 2.37. The minimum Gasteiger partial charge on any atom is -0.460 e. The second kappa shape index (κ2) is 8.83. The topological polar surface area (TPSA) is 99.4 Å². The van der Waals surface area contributed by atoms with Crippen LogP contribution in [0.3, 0.4) is 0 Å². The van der Waals surface area contributed by atoms with Gasteiger partial charge in [0.1, 0.15) is 23.1 Å². The second-order valence-corrected chi connectivity index (χ2v) is 8.23. The van der Waals surface area contributed by atoms with Gasteiger partial charge in [0.15, 0.2) is 5.25 Å². The summed E-state index contributed by atoms with van der Waals surface area (Å²) < 4.78 is 20.4. The van der Waals surface area contributed by atoms with Crippen molar-refractivity contribution in [3.8, 4) is 0 Å². The first kappa shape index (κ1) is 21.6. The number of carbonyl (C=O) groups is 2. The SMILES string of the molecule is Cn1c2c(c(=O)n(Cc3ccccc3)c1=O)SC(C(=O)OCc1ccc(F)cc1)C(=O)N2. The zero-order chi connectivity index (χ0) is 22.8. The Hall–Kier alpha value is -3.66. The number of benzene rings is 2. The van der Waals surface area contributed by atoms with Crippen LogP contribution in [0.25, 0.3) is 0 Å². The van der Waals surface area contributed by atoms with Crippen LogP contribution in [0.2, 0.25) is 0 Å². The number of hydrogen-bond acceptors (Lipinski definition) is 6.